The van der Waals surface area contributed by atoms with Gasteiger partial charge in [0.25, 0.3) is 10.1 Å². The largest absolute Gasteiger partial charge is 0.295 e. The standard InChI is InChI=1S/C17H22O3S/c1-2-3-4-5-6-9-14-12-15-10-7-8-11-16(15)17(13-14)21(18,19)20/h7-8,10-13H,2-6,9H2,1H3,(H,18,19,20). The van der Waals surface area contributed by atoms with Gasteiger partial charge in [0.15, 0.2) is 0 Å². The Labute approximate surface area is 126 Å². The van der Waals surface area contributed by atoms with Gasteiger partial charge in [-0.3, -0.25) is 4.55 Å². The van der Waals surface area contributed by atoms with Gasteiger partial charge >= 0.3 is 0 Å². The van der Waals surface area contributed by atoms with E-state index in [2.05, 4.69) is 6.92 Å². The van der Waals surface area contributed by atoms with Gasteiger partial charge in [0.1, 0.15) is 4.90 Å². The minimum atomic E-state index is -4.19. The smallest absolute Gasteiger partial charge is 0.282 e. The molecule has 0 radical (unpaired) electrons. The SMILES string of the molecule is CCCCCCCc1cc(S(=O)(=O)O)c2ccccc2c1. The van der Waals surface area contributed by atoms with Crippen molar-refractivity contribution in [2.75, 3.05) is 0 Å². The Kier molecular flexibility index (Phi) is 5.37. The first-order chi connectivity index (χ1) is 10.0. The maximum Gasteiger partial charge on any atom is 0.295 e. The van der Waals surface area contributed by atoms with E-state index in [1.54, 1.807) is 18.2 Å². The quantitative estimate of drug-likeness (QED) is 0.601. The molecule has 0 amide bonds. The van der Waals surface area contributed by atoms with Gasteiger partial charge in [-0.1, -0.05) is 62.9 Å². The molecule has 0 aliphatic carbocycles. The lowest BCUT2D eigenvalue weighted by atomic mass is 10.0. The second kappa shape index (κ2) is 7.05. The number of benzene rings is 2. The number of fused-ring (bicyclic) bond motifs is 1. The Balaban J connectivity index is 2.25. The molecular formula is C17H22O3S. The average Bonchev–Trinajstić information content (AvgIpc) is 2.45. The molecule has 2 aromatic rings. The highest BCUT2D eigenvalue weighted by Gasteiger charge is 2.15. The van der Waals surface area contributed by atoms with Crippen molar-refractivity contribution in [2.45, 2.75) is 50.3 Å². The highest BCUT2D eigenvalue weighted by Crippen LogP contribution is 2.26. The van der Waals surface area contributed by atoms with E-state index in [0.717, 1.165) is 30.2 Å². The van der Waals surface area contributed by atoms with Gasteiger partial charge in [-0.05, 0) is 29.9 Å². The minimum absolute atomic E-state index is 0.0177. The molecule has 4 heteroatoms. The minimum Gasteiger partial charge on any atom is -0.282 e. The second-order valence-corrected chi connectivity index (χ2v) is 6.84. The van der Waals surface area contributed by atoms with Crippen LogP contribution in [0.2, 0.25) is 0 Å². The fourth-order valence-electron chi connectivity index (χ4n) is 2.63. The summed E-state index contributed by atoms with van der Waals surface area (Å²) in [5.74, 6) is 0. The van der Waals surface area contributed by atoms with E-state index in [4.69, 9.17) is 0 Å². The van der Waals surface area contributed by atoms with E-state index in [-0.39, 0.29) is 4.90 Å². The zero-order chi connectivity index (χ0) is 15.3. The molecule has 0 aliphatic rings. The lowest BCUT2D eigenvalue weighted by molar-refractivity contribution is 0.484. The van der Waals surface area contributed by atoms with Crippen LogP contribution in [0.25, 0.3) is 10.8 Å². The number of hydrogen-bond donors (Lipinski definition) is 1. The summed E-state index contributed by atoms with van der Waals surface area (Å²) in [6, 6.07) is 10.9. The maximum absolute atomic E-state index is 11.6. The fraction of sp³-hybridized carbons (Fsp3) is 0.412. The summed E-state index contributed by atoms with van der Waals surface area (Å²) in [5, 5.41) is 1.44. The van der Waals surface area contributed by atoms with Crippen LogP contribution in [0.5, 0.6) is 0 Å². The zero-order valence-electron chi connectivity index (χ0n) is 12.4. The summed E-state index contributed by atoms with van der Waals surface area (Å²) in [6.45, 7) is 2.18. The van der Waals surface area contributed by atoms with Gasteiger partial charge in [-0.2, -0.15) is 8.42 Å². The maximum atomic E-state index is 11.6. The number of rotatable bonds is 7. The van der Waals surface area contributed by atoms with Gasteiger partial charge < -0.3 is 0 Å². The summed E-state index contributed by atoms with van der Waals surface area (Å²) in [4.78, 5) is 0.0177. The predicted octanol–water partition coefficient (Wildman–Crippen LogP) is 4.60. The number of unbranched alkanes of at least 4 members (excludes halogenated alkanes) is 4. The van der Waals surface area contributed by atoms with Crippen molar-refractivity contribution < 1.29 is 13.0 Å². The Morgan fingerprint density at radius 2 is 1.71 bits per heavy atom. The van der Waals surface area contributed by atoms with Crippen LogP contribution in [0.1, 0.15) is 44.6 Å². The normalized spacial score (nSPS) is 11.9. The molecule has 0 aliphatic heterocycles. The third-order valence-electron chi connectivity index (χ3n) is 3.73. The topological polar surface area (TPSA) is 54.4 Å². The van der Waals surface area contributed by atoms with Crippen molar-refractivity contribution in [3.05, 3.63) is 42.0 Å². The van der Waals surface area contributed by atoms with Crippen LogP contribution in [0, 0.1) is 0 Å². The molecule has 0 aromatic heterocycles. The lowest BCUT2D eigenvalue weighted by Gasteiger charge is -2.08. The molecule has 0 fully saturated rings. The molecule has 3 nitrogen and oxygen atoms in total. The summed E-state index contributed by atoms with van der Waals surface area (Å²) in [7, 11) is -4.19. The molecule has 2 aromatic carbocycles. The molecule has 0 unspecified atom stereocenters. The first-order valence-electron chi connectivity index (χ1n) is 7.51. The average molecular weight is 306 g/mol. The Hall–Kier alpha value is -1.39. The zero-order valence-corrected chi connectivity index (χ0v) is 13.2. The molecular weight excluding hydrogens is 284 g/mol. The van der Waals surface area contributed by atoms with Crippen molar-refractivity contribution in [3.63, 3.8) is 0 Å². The third-order valence-corrected chi connectivity index (χ3v) is 4.62. The summed E-state index contributed by atoms with van der Waals surface area (Å²) < 4.78 is 32.6. The van der Waals surface area contributed by atoms with Gasteiger partial charge in [-0.15, -0.1) is 0 Å². The number of hydrogen-bond acceptors (Lipinski definition) is 2. The van der Waals surface area contributed by atoms with E-state index in [1.165, 1.54) is 19.3 Å². The Morgan fingerprint density at radius 1 is 1.00 bits per heavy atom. The molecule has 0 bridgehead atoms. The van der Waals surface area contributed by atoms with E-state index < -0.39 is 10.1 Å². The Morgan fingerprint density at radius 3 is 2.43 bits per heavy atom. The molecule has 0 spiro atoms. The van der Waals surface area contributed by atoms with Gasteiger partial charge in [0.2, 0.25) is 0 Å². The summed E-state index contributed by atoms with van der Waals surface area (Å²) in [6.07, 6.45) is 6.72. The molecule has 0 heterocycles. The lowest BCUT2D eigenvalue weighted by Crippen LogP contribution is -2.01. The second-order valence-electron chi connectivity index (χ2n) is 5.45. The number of aryl methyl sites for hydroxylation is 1. The molecule has 1 N–H and O–H groups in total. The van der Waals surface area contributed by atoms with Crippen molar-refractivity contribution in [1.29, 1.82) is 0 Å². The third kappa shape index (κ3) is 4.29. The monoisotopic (exact) mass is 306 g/mol. The first-order valence-corrected chi connectivity index (χ1v) is 8.95. The van der Waals surface area contributed by atoms with Crippen LogP contribution in [-0.4, -0.2) is 13.0 Å². The van der Waals surface area contributed by atoms with Gasteiger partial charge in [-0.25, -0.2) is 0 Å². The van der Waals surface area contributed by atoms with Crippen molar-refractivity contribution >= 4 is 20.9 Å². The molecule has 21 heavy (non-hydrogen) atoms. The van der Waals surface area contributed by atoms with Gasteiger partial charge in [0.05, 0.1) is 0 Å². The van der Waals surface area contributed by atoms with Crippen molar-refractivity contribution in [1.82, 2.24) is 0 Å². The predicted molar refractivity (Wildman–Crippen MR) is 86.2 cm³/mol. The van der Waals surface area contributed by atoms with Gasteiger partial charge in [0, 0.05) is 5.39 Å². The summed E-state index contributed by atoms with van der Waals surface area (Å²) >= 11 is 0. The molecule has 0 saturated carbocycles. The molecule has 2 rings (SSSR count). The van der Waals surface area contributed by atoms with Crippen LogP contribution in [-0.2, 0) is 16.5 Å². The van der Waals surface area contributed by atoms with Crippen LogP contribution in [0.4, 0.5) is 0 Å². The highest BCUT2D eigenvalue weighted by molar-refractivity contribution is 7.86. The van der Waals surface area contributed by atoms with Crippen LogP contribution in [0.3, 0.4) is 0 Å². The van der Waals surface area contributed by atoms with Crippen LogP contribution >= 0.6 is 0 Å². The van der Waals surface area contributed by atoms with E-state index in [9.17, 15) is 13.0 Å². The highest BCUT2D eigenvalue weighted by atomic mass is 32.2. The van der Waals surface area contributed by atoms with Crippen molar-refractivity contribution in [3.8, 4) is 0 Å². The van der Waals surface area contributed by atoms with Crippen LogP contribution < -0.4 is 0 Å². The summed E-state index contributed by atoms with van der Waals surface area (Å²) in [5.41, 5.74) is 0.970. The van der Waals surface area contributed by atoms with E-state index in [1.807, 2.05) is 18.2 Å². The first kappa shape index (κ1) is 16.0. The fourth-order valence-corrected chi connectivity index (χ4v) is 3.39. The Bertz CT molecular complexity index is 705. The molecule has 114 valence electrons. The van der Waals surface area contributed by atoms with E-state index in [0.29, 0.717) is 5.39 Å². The van der Waals surface area contributed by atoms with Crippen LogP contribution in [0.15, 0.2) is 41.3 Å². The van der Waals surface area contributed by atoms with Crippen molar-refractivity contribution in [2.24, 2.45) is 0 Å². The molecule has 0 saturated heterocycles. The van der Waals surface area contributed by atoms with E-state index >= 15 is 0 Å². The molecule has 0 atom stereocenters.